The third kappa shape index (κ3) is 1.97. The zero-order valence-corrected chi connectivity index (χ0v) is 9.47. The van der Waals surface area contributed by atoms with E-state index in [0.717, 1.165) is 0 Å². The highest BCUT2D eigenvalue weighted by Gasteiger charge is 2.25. The molecule has 3 nitrogen and oxygen atoms in total. The van der Waals surface area contributed by atoms with Gasteiger partial charge in [-0.2, -0.15) is 0 Å². The van der Waals surface area contributed by atoms with Gasteiger partial charge in [-0.15, -0.1) is 0 Å². The molecule has 1 aliphatic rings. The van der Waals surface area contributed by atoms with E-state index in [4.69, 9.17) is 5.73 Å². The first-order valence-electron chi connectivity index (χ1n) is 4.61. The van der Waals surface area contributed by atoms with Gasteiger partial charge < -0.3 is 11.1 Å². The molecule has 0 bridgehead atoms. The van der Waals surface area contributed by atoms with E-state index < -0.39 is 0 Å². The fraction of sp³-hybridized carbons (Fsp3) is 0.300. The number of hydrogen-bond acceptors (Lipinski definition) is 2. The van der Waals surface area contributed by atoms with E-state index in [1.165, 1.54) is 12.1 Å². The van der Waals surface area contributed by atoms with Crippen LogP contribution in [-0.4, -0.2) is 5.91 Å². The van der Waals surface area contributed by atoms with E-state index >= 15 is 0 Å². The minimum atomic E-state index is -0.354. The van der Waals surface area contributed by atoms with Gasteiger partial charge in [0.2, 0.25) is 5.91 Å². The summed E-state index contributed by atoms with van der Waals surface area (Å²) >= 11 is 3.18. The van der Waals surface area contributed by atoms with Gasteiger partial charge >= 0.3 is 0 Å². The molecule has 1 saturated heterocycles. The van der Waals surface area contributed by atoms with Gasteiger partial charge in [-0.1, -0.05) is 0 Å². The van der Waals surface area contributed by atoms with Crippen molar-refractivity contribution >= 4 is 27.5 Å². The Morgan fingerprint density at radius 2 is 2.27 bits per heavy atom. The van der Waals surface area contributed by atoms with Gasteiger partial charge in [0.1, 0.15) is 5.82 Å². The van der Waals surface area contributed by atoms with Crippen molar-refractivity contribution < 1.29 is 9.18 Å². The molecular formula is C10H10BrFN2O. The first-order valence-corrected chi connectivity index (χ1v) is 5.41. The predicted octanol–water partition coefficient (Wildman–Crippen LogP) is 2.12. The average molecular weight is 273 g/mol. The van der Waals surface area contributed by atoms with Crippen LogP contribution in [0.1, 0.15) is 24.4 Å². The molecule has 0 unspecified atom stereocenters. The highest BCUT2D eigenvalue weighted by molar-refractivity contribution is 9.10. The Labute approximate surface area is 95.0 Å². The van der Waals surface area contributed by atoms with E-state index in [-0.39, 0.29) is 17.8 Å². The summed E-state index contributed by atoms with van der Waals surface area (Å²) in [7, 11) is 0. The van der Waals surface area contributed by atoms with Crippen molar-refractivity contribution in [3.63, 3.8) is 0 Å². The molecule has 0 radical (unpaired) electrons. The number of anilines is 1. The minimum absolute atomic E-state index is 0.0141. The third-order valence-electron chi connectivity index (χ3n) is 2.50. The second-order valence-corrected chi connectivity index (χ2v) is 4.40. The number of rotatable bonds is 1. The monoisotopic (exact) mass is 272 g/mol. The molecular weight excluding hydrogens is 263 g/mol. The van der Waals surface area contributed by atoms with Gasteiger partial charge in [-0.25, -0.2) is 4.39 Å². The predicted molar refractivity (Wildman–Crippen MR) is 58.6 cm³/mol. The average Bonchev–Trinajstić information content (AvgIpc) is 2.58. The molecule has 1 aromatic rings. The molecule has 0 aliphatic carbocycles. The van der Waals surface area contributed by atoms with Crippen molar-refractivity contribution in [2.45, 2.75) is 18.9 Å². The highest BCUT2D eigenvalue weighted by atomic mass is 79.9. The van der Waals surface area contributed by atoms with Crippen LogP contribution >= 0.6 is 15.9 Å². The Balaban J connectivity index is 2.39. The molecule has 0 aromatic heterocycles. The summed E-state index contributed by atoms with van der Waals surface area (Å²) in [5, 5.41) is 2.76. The third-order valence-corrected chi connectivity index (χ3v) is 3.15. The molecule has 1 amide bonds. The summed E-state index contributed by atoms with van der Waals surface area (Å²) in [6.07, 6.45) is 1.14. The van der Waals surface area contributed by atoms with Crippen LogP contribution in [0.15, 0.2) is 16.6 Å². The van der Waals surface area contributed by atoms with Crippen molar-refractivity contribution in [2.75, 3.05) is 5.73 Å². The van der Waals surface area contributed by atoms with Crippen molar-refractivity contribution in [2.24, 2.45) is 0 Å². The normalized spacial score (nSPS) is 20.4. The quantitative estimate of drug-likeness (QED) is 0.770. The summed E-state index contributed by atoms with van der Waals surface area (Å²) in [5.74, 6) is -0.369. The molecule has 15 heavy (non-hydrogen) atoms. The summed E-state index contributed by atoms with van der Waals surface area (Å²) in [5.41, 5.74) is 6.95. The highest BCUT2D eigenvalue weighted by Crippen LogP contribution is 2.33. The fourth-order valence-electron chi connectivity index (χ4n) is 1.74. The van der Waals surface area contributed by atoms with Crippen LogP contribution in [0.2, 0.25) is 0 Å². The van der Waals surface area contributed by atoms with Gasteiger partial charge in [-0.3, -0.25) is 4.79 Å². The molecule has 1 aliphatic heterocycles. The van der Waals surface area contributed by atoms with Gasteiger partial charge in [0.25, 0.3) is 0 Å². The topological polar surface area (TPSA) is 55.1 Å². The Morgan fingerprint density at radius 3 is 2.87 bits per heavy atom. The number of carbonyl (C=O) groups is 1. The van der Waals surface area contributed by atoms with Crippen LogP contribution in [0.3, 0.4) is 0 Å². The molecule has 0 saturated carbocycles. The Bertz CT molecular complexity index is 422. The first kappa shape index (κ1) is 10.4. The lowest BCUT2D eigenvalue weighted by atomic mass is 10.0. The SMILES string of the molecule is Nc1c(Br)cc(F)cc1[C@@H]1CCC(=O)N1. The second-order valence-electron chi connectivity index (χ2n) is 3.55. The number of carbonyl (C=O) groups excluding carboxylic acids is 1. The number of benzene rings is 1. The first-order chi connectivity index (χ1) is 7.08. The second kappa shape index (κ2) is 3.81. The lowest BCUT2D eigenvalue weighted by Gasteiger charge is -2.14. The molecule has 1 fully saturated rings. The number of nitrogens with one attached hydrogen (secondary N) is 1. The van der Waals surface area contributed by atoms with Crippen molar-refractivity contribution in [1.82, 2.24) is 5.32 Å². The van der Waals surface area contributed by atoms with Crippen LogP contribution in [0, 0.1) is 5.82 Å². The maximum Gasteiger partial charge on any atom is 0.220 e. The van der Waals surface area contributed by atoms with Crippen LogP contribution in [0.4, 0.5) is 10.1 Å². The molecule has 0 spiro atoms. The van der Waals surface area contributed by atoms with Crippen molar-refractivity contribution in [1.29, 1.82) is 0 Å². The van der Waals surface area contributed by atoms with Gasteiger partial charge in [0, 0.05) is 16.5 Å². The van der Waals surface area contributed by atoms with Gasteiger partial charge in [-0.05, 0) is 34.5 Å². The number of nitrogens with two attached hydrogens (primary N) is 1. The number of halogens is 2. The van der Waals surface area contributed by atoms with E-state index in [9.17, 15) is 9.18 Å². The smallest absolute Gasteiger partial charge is 0.220 e. The zero-order chi connectivity index (χ0) is 11.0. The summed E-state index contributed by atoms with van der Waals surface area (Å²) < 4.78 is 13.7. The summed E-state index contributed by atoms with van der Waals surface area (Å²) in [6, 6.07) is 2.52. The standard InChI is InChI=1S/C10H10BrFN2O/c11-7-4-5(12)3-6(10(7)13)8-1-2-9(15)14-8/h3-4,8H,1-2,13H2,(H,14,15)/t8-/m0/s1. The maximum absolute atomic E-state index is 13.2. The summed E-state index contributed by atoms with van der Waals surface area (Å²) in [4.78, 5) is 11.1. The molecule has 1 atom stereocenters. The van der Waals surface area contributed by atoms with Gasteiger partial charge in [0.15, 0.2) is 0 Å². The van der Waals surface area contributed by atoms with Crippen molar-refractivity contribution in [3.05, 3.63) is 28.0 Å². The summed E-state index contributed by atoms with van der Waals surface area (Å²) in [6.45, 7) is 0. The number of nitrogen functional groups attached to an aromatic ring is 1. The van der Waals surface area contributed by atoms with E-state index in [2.05, 4.69) is 21.2 Å². The zero-order valence-electron chi connectivity index (χ0n) is 7.89. The minimum Gasteiger partial charge on any atom is -0.398 e. The maximum atomic E-state index is 13.2. The Hall–Kier alpha value is -1.10. The molecule has 2 rings (SSSR count). The van der Waals surface area contributed by atoms with E-state index in [0.29, 0.717) is 28.6 Å². The van der Waals surface area contributed by atoms with E-state index in [1.807, 2.05) is 0 Å². The molecule has 1 heterocycles. The van der Waals surface area contributed by atoms with Gasteiger partial charge in [0.05, 0.1) is 11.7 Å². The number of amides is 1. The van der Waals surface area contributed by atoms with E-state index in [1.54, 1.807) is 0 Å². The molecule has 80 valence electrons. The lowest BCUT2D eigenvalue weighted by molar-refractivity contribution is -0.119. The fourth-order valence-corrected chi connectivity index (χ4v) is 2.19. The Morgan fingerprint density at radius 1 is 1.53 bits per heavy atom. The molecule has 5 heteroatoms. The Kier molecular flexibility index (Phi) is 2.65. The largest absolute Gasteiger partial charge is 0.398 e. The number of hydrogen-bond donors (Lipinski definition) is 2. The van der Waals surface area contributed by atoms with Crippen LogP contribution < -0.4 is 11.1 Å². The lowest BCUT2D eigenvalue weighted by Crippen LogP contribution is -2.19. The van der Waals surface area contributed by atoms with Crippen LogP contribution in [-0.2, 0) is 4.79 Å². The van der Waals surface area contributed by atoms with Crippen LogP contribution in [0.5, 0.6) is 0 Å². The van der Waals surface area contributed by atoms with Crippen molar-refractivity contribution in [3.8, 4) is 0 Å². The van der Waals surface area contributed by atoms with Crippen LogP contribution in [0.25, 0.3) is 0 Å². The molecule has 1 aromatic carbocycles. The molecule has 3 N–H and O–H groups in total.